The maximum absolute atomic E-state index is 12.6. The summed E-state index contributed by atoms with van der Waals surface area (Å²) in [6.45, 7) is 10.4. The van der Waals surface area contributed by atoms with Crippen molar-refractivity contribution >= 4 is 17.9 Å². The van der Waals surface area contributed by atoms with Crippen LogP contribution in [0.15, 0.2) is 18.3 Å². The molecule has 34 heavy (non-hydrogen) atoms. The van der Waals surface area contributed by atoms with Crippen molar-refractivity contribution in [2.75, 3.05) is 6.61 Å². The quantitative estimate of drug-likeness (QED) is 0.413. The van der Waals surface area contributed by atoms with Crippen LogP contribution in [0.2, 0.25) is 0 Å². The molecule has 0 aliphatic carbocycles. The first-order chi connectivity index (χ1) is 15.7. The summed E-state index contributed by atoms with van der Waals surface area (Å²) in [5.74, 6) is -3.66. The van der Waals surface area contributed by atoms with Crippen LogP contribution in [-0.2, 0) is 33.8 Å². The Bertz CT molecular complexity index is 960. The third-order valence-corrected chi connectivity index (χ3v) is 4.14. The molecule has 2 rings (SSSR count). The third-order valence-electron chi connectivity index (χ3n) is 4.14. The standard InChI is InChI=1S/C20H29N3O4.C2HF3O2/c1-6-14-16(18(24)26-7-2)15(12-21-11-13-9-8-10-22-13)23-17(14)19(25)27-20(3,4)5;3-2(4,5)1(6)7/h8-10,21-23H,6-7,11-12H2,1-5H3;(H,6,7). The Morgan fingerprint density at radius 1 is 1.09 bits per heavy atom. The minimum Gasteiger partial charge on any atom is -0.475 e. The van der Waals surface area contributed by atoms with Gasteiger partial charge in [-0.05, 0) is 51.8 Å². The second kappa shape index (κ2) is 12.3. The van der Waals surface area contributed by atoms with E-state index in [0.717, 1.165) is 5.69 Å². The van der Waals surface area contributed by atoms with Gasteiger partial charge < -0.3 is 29.9 Å². The number of carboxylic acids is 1. The molecule has 12 heteroatoms. The summed E-state index contributed by atoms with van der Waals surface area (Å²) in [6, 6.07) is 3.89. The van der Waals surface area contributed by atoms with Gasteiger partial charge in [-0.1, -0.05) is 6.92 Å². The summed E-state index contributed by atoms with van der Waals surface area (Å²) in [6.07, 6.45) is -2.72. The fourth-order valence-electron chi connectivity index (χ4n) is 2.83. The minimum atomic E-state index is -5.08. The van der Waals surface area contributed by atoms with Gasteiger partial charge in [-0.3, -0.25) is 0 Å². The smallest absolute Gasteiger partial charge is 0.475 e. The van der Waals surface area contributed by atoms with Crippen molar-refractivity contribution < 1.29 is 42.1 Å². The van der Waals surface area contributed by atoms with E-state index in [0.29, 0.717) is 42.0 Å². The molecule has 0 saturated carbocycles. The molecular formula is C22H30F3N3O6. The van der Waals surface area contributed by atoms with Gasteiger partial charge in [-0.25, -0.2) is 14.4 Å². The van der Waals surface area contributed by atoms with Gasteiger partial charge in [0, 0.05) is 30.7 Å². The van der Waals surface area contributed by atoms with Crippen LogP contribution in [0.1, 0.15) is 72.4 Å². The first-order valence-electron chi connectivity index (χ1n) is 10.5. The zero-order valence-corrected chi connectivity index (χ0v) is 19.7. The number of alkyl halides is 3. The van der Waals surface area contributed by atoms with Gasteiger partial charge in [0.2, 0.25) is 0 Å². The van der Waals surface area contributed by atoms with Crippen molar-refractivity contribution in [2.45, 2.75) is 65.9 Å². The normalized spacial score (nSPS) is 11.4. The van der Waals surface area contributed by atoms with Gasteiger partial charge in [0.25, 0.3) is 0 Å². The van der Waals surface area contributed by atoms with Crippen LogP contribution < -0.4 is 5.32 Å². The number of hydrogen-bond acceptors (Lipinski definition) is 6. The van der Waals surface area contributed by atoms with Gasteiger partial charge in [0.05, 0.1) is 12.2 Å². The molecule has 0 saturated heterocycles. The fourth-order valence-corrected chi connectivity index (χ4v) is 2.83. The molecule has 0 radical (unpaired) electrons. The predicted molar refractivity (Wildman–Crippen MR) is 116 cm³/mol. The van der Waals surface area contributed by atoms with Crippen molar-refractivity contribution in [3.05, 3.63) is 46.5 Å². The maximum Gasteiger partial charge on any atom is 0.490 e. The predicted octanol–water partition coefficient (Wildman–Crippen LogP) is 3.96. The topological polar surface area (TPSA) is 134 Å². The van der Waals surface area contributed by atoms with E-state index in [-0.39, 0.29) is 6.61 Å². The Morgan fingerprint density at radius 3 is 2.15 bits per heavy atom. The molecular weight excluding hydrogens is 459 g/mol. The first-order valence-corrected chi connectivity index (χ1v) is 10.5. The van der Waals surface area contributed by atoms with Crippen LogP contribution >= 0.6 is 0 Å². The van der Waals surface area contributed by atoms with Crippen molar-refractivity contribution in [1.29, 1.82) is 0 Å². The van der Waals surface area contributed by atoms with Crippen LogP contribution in [0.5, 0.6) is 0 Å². The summed E-state index contributed by atoms with van der Waals surface area (Å²) in [5.41, 5.74) is 2.38. The number of hydrogen-bond donors (Lipinski definition) is 4. The average Bonchev–Trinajstić information content (AvgIpc) is 3.34. The van der Waals surface area contributed by atoms with E-state index in [9.17, 15) is 22.8 Å². The molecule has 2 aromatic heterocycles. The van der Waals surface area contributed by atoms with Crippen LogP contribution in [0.25, 0.3) is 0 Å². The molecule has 4 N–H and O–H groups in total. The number of carbonyl (C=O) groups excluding carboxylic acids is 2. The molecule has 0 unspecified atom stereocenters. The molecule has 0 amide bonds. The monoisotopic (exact) mass is 489 g/mol. The van der Waals surface area contributed by atoms with Crippen LogP contribution in [0.4, 0.5) is 13.2 Å². The van der Waals surface area contributed by atoms with Gasteiger partial charge >= 0.3 is 24.1 Å². The van der Waals surface area contributed by atoms with E-state index in [1.54, 1.807) is 6.92 Å². The lowest BCUT2D eigenvalue weighted by atomic mass is 10.1. The summed E-state index contributed by atoms with van der Waals surface area (Å²) in [4.78, 5) is 40.3. The van der Waals surface area contributed by atoms with Gasteiger partial charge in [0.1, 0.15) is 11.3 Å². The van der Waals surface area contributed by atoms with Gasteiger partial charge in [-0.15, -0.1) is 0 Å². The molecule has 2 aromatic rings. The largest absolute Gasteiger partial charge is 0.490 e. The number of nitrogens with one attached hydrogen (secondary N) is 3. The molecule has 0 fully saturated rings. The van der Waals surface area contributed by atoms with E-state index in [1.165, 1.54) is 0 Å². The van der Waals surface area contributed by atoms with Crippen molar-refractivity contribution in [1.82, 2.24) is 15.3 Å². The molecule has 0 bridgehead atoms. The zero-order valence-electron chi connectivity index (χ0n) is 19.7. The molecule has 0 aromatic carbocycles. The Morgan fingerprint density at radius 2 is 1.71 bits per heavy atom. The Kier molecular flexibility index (Phi) is 10.4. The number of rotatable bonds is 8. The number of aromatic nitrogens is 2. The number of carboxylic acid groups (broad SMARTS) is 1. The van der Waals surface area contributed by atoms with Crippen molar-refractivity contribution in [3.8, 4) is 0 Å². The second-order valence-electron chi connectivity index (χ2n) is 8.01. The summed E-state index contributed by atoms with van der Waals surface area (Å²) >= 11 is 0. The van der Waals surface area contributed by atoms with Crippen molar-refractivity contribution in [3.63, 3.8) is 0 Å². The SMILES string of the molecule is CCOC(=O)c1c(CNCc2ccc[nH]2)[nH]c(C(=O)OC(C)(C)C)c1CC.O=C(O)C(F)(F)F. The number of H-pyrrole nitrogens is 2. The molecule has 9 nitrogen and oxygen atoms in total. The summed E-state index contributed by atoms with van der Waals surface area (Å²) < 4.78 is 42.4. The van der Waals surface area contributed by atoms with Crippen LogP contribution in [0, 0.1) is 0 Å². The van der Waals surface area contributed by atoms with E-state index >= 15 is 0 Å². The molecule has 0 atom stereocenters. The molecule has 0 aliphatic rings. The van der Waals surface area contributed by atoms with Gasteiger partial charge in [-0.2, -0.15) is 13.2 Å². The number of ether oxygens (including phenoxy) is 2. The number of esters is 2. The van der Waals surface area contributed by atoms with Crippen LogP contribution in [0.3, 0.4) is 0 Å². The summed E-state index contributed by atoms with van der Waals surface area (Å²) in [5, 5.41) is 10.4. The van der Waals surface area contributed by atoms with E-state index in [4.69, 9.17) is 19.4 Å². The lowest BCUT2D eigenvalue weighted by Crippen LogP contribution is -2.24. The Labute approximate surface area is 195 Å². The zero-order chi connectivity index (χ0) is 26.1. The fraction of sp³-hybridized carbons (Fsp3) is 0.500. The lowest BCUT2D eigenvalue weighted by molar-refractivity contribution is -0.192. The average molecular weight is 489 g/mol. The molecule has 0 aliphatic heterocycles. The molecule has 0 spiro atoms. The maximum atomic E-state index is 12.6. The van der Waals surface area contributed by atoms with Gasteiger partial charge in [0.15, 0.2) is 0 Å². The Balaban J connectivity index is 0.000000718. The second-order valence-corrected chi connectivity index (χ2v) is 8.01. The highest BCUT2D eigenvalue weighted by Crippen LogP contribution is 2.24. The highest BCUT2D eigenvalue weighted by atomic mass is 19.4. The van der Waals surface area contributed by atoms with E-state index < -0.39 is 29.7 Å². The third kappa shape index (κ3) is 8.93. The Hall–Kier alpha value is -3.28. The number of aromatic amines is 2. The number of halogens is 3. The van der Waals surface area contributed by atoms with E-state index in [2.05, 4.69) is 15.3 Å². The minimum absolute atomic E-state index is 0.268. The first kappa shape index (κ1) is 28.8. The number of aliphatic carboxylic acids is 1. The van der Waals surface area contributed by atoms with Crippen LogP contribution in [-0.4, -0.2) is 51.4 Å². The molecule has 190 valence electrons. The molecule has 2 heterocycles. The number of carbonyl (C=O) groups is 3. The highest BCUT2D eigenvalue weighted by molar-refractivity contribution is 5.99. The van der Waals surface area contributed by atoms with Crippen molar-refractivity contribution in [2.24, 2.45) is 0 Å². The lowest BCUT2D eigenvalue weighted by Gasteiger charge is -2.19. The summed E-state index contributed by atoms with van der Waals surface area (Å²) in [7, 11) is 0. The highest BCUT2D eigenvalue weighted by Gasteiger charge is 2.38. The van der Waals surface area contributed by atoms with E-state index in [1.807, 2.05) is 46.0 Å².